The van der Waals surface area contributed by atoms with Crippen LogP contribution in [-0.2, 0) is 18.5 Å². The molecule has 0 spiro atoms. The Kier molecular flexibility index (Phi) is 3.42. The van der Waals surface area contributed by atoms with Crippen molar-refractivity contribution in [2.75, 3.05) is 0 Å². The third-order valence-electron chi connectivity index (χ3n) is 2.05. The van der Waals surface area contributed by atoms with Crippen molar-refractivity contribution < 1.29 is 44.6 Å². The Morgan fingerprint density at radius 1 is 0.632 bits per heavy atom. The predicted molar refractivity (Wildman–Crippen MR) is 43.1 cm³/mol. The predicted octanol–water partition coefficient (Wildman–Crippen LogP) is 4.45. The third kappa shape index (κ3) is 3.24. The molecule has 1 aromatic carbocycles. The maximum atomic E-state index is 12.3. The first-order chi connectivity index (χ1) is 8.24. The molecule has 0 aliphatic heterocycles. The van der Waals surface area contributed by atoms with Crippen LogP contribution in [0.5, 0.6) is 5.75 Å². The van der Waals surface area contributed by atoms with Crippen LogP contribution in [-0.4, -0.2) is 5.11 Å². The summed E-state index contributed by atoms with van der Waals surface area (Å²) in [5.41, 5.74) is -6.94. The highest BCUT2D eigenvalue weighted by Crippen LogP contribution is 2.46. The number of hydrogen-bond donors (Lipinski definition) is 1. The first kappa shape index (κ1) is 15.4. The van der Waals surface area contributed by atoms with E-state index in [2.05, 4.69) is 0 Å². The molecule has 1 N–H and O–H groups in total. The Morgan fingerprint density at radius 2 is 0.947 bits per heavy atom. The molecule has 0 unspecified atom stereocenters. The Morgan fingerprint density at radius 3 is 1.16 bits per heavy atom. The van der Waals surface area contributed by atoms with Gasteiger partial charge in [0, 0.05) is 0 Å². The molecular weight excluding hydrogens is 295 g/mol. The Balaban J connectivity index is 3.68. The van der Waals surface area contributed by atoms with Crippen LogP contribution in [0, 0.1) is 0 Å². The van der Waals surface area contributed by atoms with E-state index in [-0.39, 0.29) is 0 Å². The highest BCUT2D eigenvalue weighted by molar-refractivity contribution is 5.47. The third-order valence-corrected chi connectivity index (χ3v) is 2.05. The largest absolute Gasteiger partial charge is 0.507 e. The van der Waals surface area contributed by atoms with Crippen LogP contribution in [0.1, 0.15) is 16.7 Å². The van der Waals surface area contributed by atoms with Gasteiger partial charge in [0.05, 0.1) is 16.7 Å². The number of aromatic hydroxyl groups is 1. The molecule has 0 heterocycles. The van der Waals surface area contributed by atoms with Gasteiger partial charge >= 0.3 is 18.5 Å². The van der Waals surface area contributed by atoms with Crippen LogP contribution in [0.4, 0.5) is 39.5 Å². The maximum absolute atomic E-state index is 12.3. The van der Waals surface area contributed by atoms with E-state index >= 15 is 0 Å². The molecule has 10 heteroatoms. The molecule has 0 radical (unpaired) electrons. The first-order valence-electron chi connectivity index (χ1n) is 4.33. The fourth-order valence-corrected chi connectivity index (χ4v) is 1.23. The summed E-state index contributed by atoms with van der Waals surface area (Å²) in [5, 5.41) is 8.84. The summed E-state index contributed by atoms with van der Waals surface area (Å²) in [6.07, 6.45) is -16.5. The van der Waals surface area contributed by atoms with Crippen molar-refractivity contribution in [1.29, 1.82) is 0 Å². The summed E-state index contributed by atoms with van der Waals surface area (Å²) in [6, 6.07) is -1.16. The number of rotatable bonds is 0. The van der Waals surface area contributed by atoms with Crippen LogP contribution >= 0.6 is 0 Å². The molecule has 0 aliphatic rings. The number of alkyl halides is 9. The van der Waals surface area contributed by atoms with Gasteiger partial charge in [0.15, 0.2) is 0 Å². The number of halogens is 9. The lowest BCUT2D eigenvalue weighted by atomic mass is 10.0. The second-order valence-electron chi connectivity index (χ2n) is 3.41. The summed E-state index contributed by atoms with van der Waals surface area (Å²) >= 11 is 0. The number of hydrogen-bond acceptors (Lipinski definition) is 1. The Labute approximate surface area is 98.8 Å². The second-order valence-corrected chi connectivity index (χ2v) is 3.41. The summed E-state index contributed by atoms with van der Waals surface area (Å²) in [7, 11) is 0. The van der Waals surface area contributed by atoms with Crippen molar-refractivity contribution in [3.8, 4) is 5.75 Å². The van der Waals surface area contributed by atoms with Gasteiger partial charge in [-0.1, -0.05) is 0 Å². The Bertz CT molecular complexity index is 445. The molecule has 0 fully saturated rings. The zero-order valence-corrected chi connectivity index (χ0v) is 8.50. The van der Waals surface area contributed by atoms with E-state index in [0.29, 0.717) is 0 Å². The second kappa shape index (κ2) is 4.20. The molecule has 0 aliphatic carbocycles. The van der Waals surface area contributed by atoms with Crippen LogP contribution in [0.15, 0.2) is 12.1 Å². The van der Waals surface area contributed by atoms with Gasteiger partial charge in [0.25, 0.3) is 0 Å². The average molecular weight is 298 g/mol. The van der Waals surface area contributed by atoms with E-state index in [9.17, 15) is 39.5 Å². The monoisotopic (exact) mass is 298 g/mol. The van der Waals surface area contributed by atoms with Crippen molar-refractivity contribution >= 4 is 0 Å². The minimum absolute atomic E-state index is 0.579. The van der Waals surface area contributed by atoms with E-state index in [1.165, 1.54) is 0 Å². The minimum atomic E-state index is -5.55. The van der Waals surface area contributed by atoms with Gasteiger partial charge < -0.3 is 5.11 Å². The number of phenols is 1. The SMILES string of the molecule is Oc1c(C(F)(F)F)cc(C(F)(F)F)cc1C(F)(F)F. The molecule has 1 nitrogen and oxygen atoms in total. The van der Waals surface area contributed by atoms with Gasteiger partial charge in [0.1, 0.15) is 5.75 Å². The fraction of sp³-hybridized carbons (Fsp3) is 0.333. The van der Waals surface area contributed by atoms with Crippen molar-refractivity contribution in [1.82, 2.24) is 0 Å². The van der Waals surface area contributed by atoms with Gasteiger partial charge in [-0.25, -0.2) is 0 Å². The van der Waals surface area contributed by atoms with Gasteiger partial charge in [-0.05, 0) is 12.1 Å². The van der Waals surface area contributed by atoms with Gasteiger partial charge in [-0.2, -0.15) is 39.5 Å². The lowest BCUT2D eigenvalue weighted by Crippen LogP contribution is -2.16. The molecule has 0 saturated heterocycles. The van der Waals surface area contributed by atoms with E-state index in [1.54, 1.807) is 0 Å². The van der Waals surface area contributed by atoms with Crippen LogP contribution in [0.25, 0.3) is 0 Å². The lowest BCUT2D eigenvalue weighted by molar-refractivity contribution is -0.150. The smallest absolute Gasteiger partial charge is 0.419 e. The van der Waals surface area contributed by atoms with E-state index in [4.69, 9.17) is 5.11 Å². The van der Waals surface area contributed by atoms with E-state index in [1.807, 2.05) is 0 Å². The maximum Gasteiger partial charge on any atom is 0.419 e. The van der Waals surface area contributed by atoms with E-state index < -0.39 is 53.1 Å². The molecule has 0 atom stereocenters. The summed E-state index contributed by atoms with van der Waals surface area (Å²) in [4.78, 5) is 0. The van der Waals surface area contributed by atoms with Crippen molar-refractivity contribution in [2.24, 2.45) is 0 Å². The fourth-order valence-electron chi connectivity index (χ4n) is 1.23. The van der Waals surface area contributed by atoms with Crippen molar-refractivity contribution in [2.45, 2.75) is 18.5 Å². The van der Waals surface area contributed by atoms with Gasteiger partial charge in [-0.15, -0.1) is 0 Å². The summed E-state index contributed by atoms with van der Waals surface area (Å²) in [6.45, 7) is 0. The summed E-state index contributed by atoms with van der Waals surface area (Å²) < 4.78 is 110. The first-order valence-corrected chi connectivity index (χ1v) is 4.33. The molecule has 0 bridgehead atoms. The standard InChI is InChI=1S/C9H3F9O/c10-7(11,12)3-1-4(8(13,14)15)6(19)5(2-3)9(16,17)18/h1-2,19H. The molecule has 19 heavy (non-hydrogen) atoms. The zero-order chi connectivity index (χ0) is 15.2. The van der Waals surface area contributed by atoms with Crippen molar-refractivity contribution in [3.05, 3.63) is 28.8 Å². The normalized spacial score (nSPS) is 13.7. The van der Waals surface area contributed by atoms with Crippen LogP contribution in [0.2, 0.25) is 0 Å². The quantitative estimate of drug-likeness (QED) is 0.702. The molecule has 1 aromatic rings. The molecule has 0 aromatic heterocycles. The van der Waals surface area contributed by atoms with E-state index in [0.717, 1.165) is 0 Å². The molecule has 0 amide bonds. The molecule has 0 saturated carbocycles. The Hall–Kier alpha value is -1.61. The van der Waals surface area contributed by atoms with Crippen LogP contribution < -0.4 is 0 Å². The zero-order valence-electron chi connectivity index (χ0n) is 8.50. The van der Waals surface area contributed by atoms with Gasteiger partial charge in [0.2, 0.25) is 0 Å². The molecule has 1 rings (SSSR count). The lowest BCUT2D eigenvalue weighted by Gasteiger charge is -2.17. The summed E-state index contributed by atoms with van der Waals surface area (Å²) in [5.74, 6) is -2.28. The molecule has 108 valence electrons. The number of benzene rings is 1. The highest BCUT2D eigenvalue weighted by Gasteiger charge is 2.45. The molecular formula is C9H3F9O. The average Bonchev–Trinajstić information content (AvgIpc) is 2.11. The van der Waals surface area contributed by atoms with Gasteiger partial charge in [-0.3, -0.25) is 0 Å². The van der Waals surface area contributed by atoms with Crippen molar-refractivity contribution in [3.63, 3.8) is 0 Å². The topological polar surface area (TPSA) is 20.2 Å². The number of phenolic OH excluding ortho intramolecular Hbond substituents is 1. The van der Waals surface area contributed by atoms with Crippen LogP contribution in [0.3, 0.4) is 0 Å². The highest BCUT2D eigenvalue weighted by atomic mass is 19.4. The minimum Gasteiger partial charge on any atom is -0.507 e.